The first-order valence-corrected chi connectivity index (χ1v) is 24.5. The van der Waals surface area contributed by atoms with Crippen LogP contribution in [0.3, 0.4) is 0 Å². The van der Waals surface area contributed by atoms with Gasteiger partial charge in [-0.05, 0) is 145 Å². The summed E-state index contributed by atoms with van der Waals surface area (Å²) in [6, 6.07) is 70.6. The van der Waals surface area contributed by atoms with Gasteiger partial charge >= 0.3 is 6.18 Å². The molecular weight excluding hydrogens is 918 g/mol. The van der Waals surface area contributed by atoms with E-state index < -0.39 is 11.7 Å². The first-order chi connectivity index (χ1) is 35.8. The summed E-state index contributed by atoms with van der Waals surface area (Å²) in [7, 11) is 0. The SMILES string of the molecule is Cc1cccc(-c2ccc3c(c2)c2cc(-c4cccc(C)c4)ccc2n3-c2cc(C#N)cc(-n3c4ccc(-c5cccc(C)c5)cc4c4cc(-c5cccc(C)c5)ccc43)c2-c2ccc(C(F)(F)F)cc2C#N)c1. The van der Waals surface area contributed by atoms with Crippen LogP contribution in [0.15, 0.2) is 200 Å². The number of nitriles is 2. The fourth-order valence-corrected chi connectivity index (χ4v) is 10.9. The fourth-order valence-electron chi connectivity index (χ4n) is 10.9. The molecule has 0 N–H and O–H groups in total. The monoisotopic (exact) mass is 962 g/mol. The zero-order valence-electron chi connectivity index (χ0n) is 41.0. The third kappa shape index (κ3) is 7.87. The summed E-state index contributed by atoms with van der Waals surface area (Å²) in [5, 5.41) is 25.8. The summed E-state index contributed by atoms with van der Waals surface area (Å²) >= 11 is 0. The third-order valence-corrected chi connectivity index (χ3v) is 14.4. The van der Waals surface area contributed by atoms with Crippen molar-refractivity contribution in [3.05, 3.63) is 239 Å². The number of fused-ring (bicyclic) bond motifs is 6. The van der Waals surface area contributed by atoms with Gasteiger partial charge in [0.05, 0.1) is 62.3 Å². The van der Waals surface area contributed by atoms with Crippen LogP contribution in [-0.2, 0) is 6.18 Å². The van der Waals surface area contributed by atoms with E-state index in [1.165, 1.54) is 6.07 Å². The van der Waals surface area contributed by atoms with E-state index in [9.17, 15) is 23.7 Å². The highest BCUT2D eigenvalue weighted by Crippen LogP contribution is 2.47. The van der Waals surface area contributed by atoms with Crippen molar-refractivity contribution < 1.29 is 13.2 Å². The number of halogens is 3. The lowest BCUT2D eigenvalue weighted by Gasteiger charge is -2.22. The third-order valence-electron chi connectivity index (χ3n) is 14.4. The molecule has 0 fully saturated rings. The molecule has 0 saturated carbocycles. The van der Waals surface area contributed by atoms with E-state index in [4.69, 9.17) is 0 Å². The van der Waals surface area contributed by atoms with E-state index in [1.54, 1.807) is 12.1 Å². The average molecular weight is 963 g/mol. The van der Waals surface area contributed by atoms with E-state index in [0.717, 1.165) is 123 Å². The second-order valence-electron chi connectivity index (χ2n) is 19.4. The van der Waals surface area contributed by atoms with Crippen molar-refractivity contribution in [1.82, 2.24) is 9.13 Å². The van der Waals surface area contributed by atoms with Crippen molar-refractivity contribution in [2.75, 3.05) is 0 Å². The average Bonchev–Trinajstić information content (AvgIpc) is 3.91. The van der Waals surface area contributed by atoms with Crippen molar-refractivity contribution in [3.63, 3.8) is 0 Å². The molecule has 4 nitrogen and oxygen atoms in total. The van der Waals surface area contributed by atoms with E-state index in [-0.39, 0.29) is 5.56 Å². The fraction of sp³-hybridized carbons (Fsp3) is 0.0746. The Morgan fingerprint density at radius 2 is 0.703 bits per heavy atom. The van der Waals surface area contributed by atoms with Crippen LogP contribution < -0.4 is 0 Å². The molecule has 0 atom stereocenters. The number of rotatable bonds is 7. The summed E-state index contributed by atoms with van der Waals surface area (Å²) in [5.74, 6) is 0. The molecular formula is C67H45F3N4. The minimum Gasteiger partial charge on any atom is -0.308 e. The number of aryl methyl sites for hydroxylation is 4. The number of alkyl halides is 3. The molecule has 10 aromatic carbocycles. The van der Waals surface area contributed by atoms with E-state index in [2.05, 4.69) is 195 Å². The molecule has 0 aliphatic heterocycles. The number of benzene rings is 10. The molecule has 7 heteroatoms. The second-order valence-corrected chi connectivity index (χ2v) is 19.4. The Morgan fingerprint density at radius 3 is 1.00 bits per heavy atom. The lowest BCUT2D eigenvalue weighted by atomic mass is 9.93. The van der Waals surface area contributed by atoms with Crippen LogP contribution in [0.2, 0.25) is 0 Å². The summed E-state index contributed by atoms with van der Waals surface area (Å²) in [6.07, 6.45) is -4.70. The zero-order chi connectivity index (χ0) is 51.0. The molecule has 0 saturated heterocycles. The van der Waals surface area contributed by atoms with Gasteiger partial charge in [-0.25, -0.2) is 0 Å². The Morgan fingerprint density at radius 1 is 0.365 bits per heavy atom. The predicted molar refractivity (Wildman–Crippen MR) is 296 cm³/mol. The van der Waals surface area contributed by atoms with Crippen LogP contribution in [0, 0.1) is 50.4 Å². The Hall–Kier alpha value is -9.43. The highest BCUT2D eigenvalue weighted by molar-refractivity contribution is 6.14. The van der Waals surface area contributed by atoms with Crippen LogP contribution in [0.25, 0.3) is 111 Å². The summed E-state index contributed by atoms with van der Waals surface area (Å²) in [6.45, 7) is 8.29. The van der Waals surface area contributed by atoms with Crippen LogP contribution in [0.5, 0.6) is 0 Å². The Labute approximate surface area is 426 Å². The van der Waals surface area contributed by atoms with Crippen LogP contribution in [0.4, 0.5) is 13.2 Å². The molecule has 0 radical (unpaired) electrons. The number of nitrogens with zero attached hydrogens (tertiary/aromatic N) is 4. The quantitative estimate of drug-likeness (QED) is 0.160. The van der Waals surface area contributed by atoms with E-state index in [0.29, 0.717) is 28.1 Å². The Kier molecular flexibility index (Phi) is 10.9. The molecule has 2 aromatic heterocycles. The van der Waals surface area contributed by atoms with Gasteiger partial charge in [0.2, 0.25) is 0 Å². The van der Waals surface area contributed by atoms with Crippen molar-refractivity contribution in [2.45, 2.75) is 33.9 Å². The van der Waals surface area contributed by atoms with Gasteiger partial charge in [-0.1, -0.05) is 150 Å². The molecule has 0 amide bonds. The van der Waals surface area contributed by atoms with Gasteiger partial charge in [-0.2, -0.15) is 23.7 Å². The van der Waals surface area contributed by atoms with Gasteiger partial charge in [0.25, 0.3) is 0 Å². The summed E-state index contributed by atoms with van der Waals surface area (Å²) < 4.78 is 48.0. The first-order valence-electron chi connectivity index (χ1n) is 24.5. The lowest BCUT2D eigenvalue weighted by Crippen LogP contribution is -2.08. The van der Waals surface area contributed by atoms with Crippen LogP contribution >= 0.6 is 0 Å². The molecule has 0 spiro atoms. The van der Waals surface area contributed by atoms with Gasteiger partial charge in [0.1, 0.15) is 0 Å². The molecule has 354 valence electrons. The molecule has 0 aliphatic carbocycles. The Balaban J connectivity index is 1.22. The van der Waals surface area contributed by atoms with Crippen LogP contribution in [-0.4, -0.2) is 9.13 Å². The molecule has 12 aromatic rings. The van der Waals surface area contributed by atoms with Gasteiger partial charge in [-0.15, -0.1) is 0 Å². The minimum atomic E-state index is -4.70. The predicted octanol–water partition coefficient (Wildman–Crippen LogP) is 18.2. The highest BCUT2D eigenvalue weighted by atomic mass is 19.4. The molecule has 0 unspecified atom stereocenters. The molecule has 12 rings (SSSR count). The molecule has 74 heavy (non-hydrogen) atoms. The number of hydrogen-bond donors (Lipinski definition) is 0. The standard InChI is InChI=1S/C67H45F3N4/c1-40-9-5-13-45(27-40)49-17-23-60-56(34-49)57-35-50(46-14-6-10-41(2)28-46)18-24-61(57)73(60)64-31-44(38-71)32-65(66(64)55-22-21-54(67(68,69)70)33-53(55)39-72)74-62-25-19-51(47-15-7-11-42(3)29-47)36-58(62)59-37-52(20-26-63(59)74)48-16-8-12-43(4)30-48/h5-37H,1-4H3. The van der Waals surface area contributed by atoms with Crippen molar-refractivity contribution >= 4 is 43.6 Å². The zero-order valence-corrected chi connectivity index (χ0v) is 41.0. The highest BCUT2D eigenvalue weighted by Gasteiger charge is 2.32. The Bertz CT molecular complexity index is 3940. The number of hydrogen-bond acceptors (Lipinski definition) is 2. The first kappa shape index (κ1) is 45.7. The normalized spacial score (nSPS) is 11.7. The van der Waals surface area contributed by atoms with E-state index >= 15 is 0 Å². The summed E-state index contributed by atoms with van der Waals surface area (Å²) in [5.41, 5.74) is 17.2. The minimum absolute atomic E-state index is 0.152. The van der Waals surface area contributed by atoms with Crippen molar-refractivity contribution in [3.8, 4) is 79.1 Å². The lowest BCUT2D eigenvalue weighted by molar-refractivity contribution is -0.137. The van der Waals surface area contributed by atoms with Crippen molar-refractivity contribution in [1.29, 1.82) is 10.5 Å². The maximum absolute atomic E-state index is 14.6. The largest absolute Gasteiger partial charge is 0.416 e. The molecule has 0 aliphatic rings. The number of aromatic nitrogens is 2. The van der Waals surface area contributed by atoms with Crippen LogP contribution in [0.1, 0.15) is 38.9 Å². The molecule has 2 heterocycles. The maximum Gasteiger partial charge on any atom is 0.416 e. The van der Waals surface area contributed by atoms with Gasteiger partial charge in [0.15, 0.2) is 0 Å². The maximum atomic E-state index is 14.6. The van der Waals surface area contributed by atoms with Gasteiger partial charge in [-0.3, -0.25) is 0 Å². The topological polar surface area (TPSA) is 57.4 Å². The van der Waals surface area contributed by atoms with E-state index in [1.807, 2.05) is 24.3 Å². The van der Waals surface area contributed by atoms with Gasteiger partial charge in [0, 0.05) is 32.7 Å². The second kappa shape index (κ2) is 17.7. The van der Waals surface area contributed by atoms with Crippen molar-refractivity contribution in [2.24, 2.45) is 0 Å². The smallest absolute Gasteiger partial charge is 0.308 e. The summed E-state index contributed by atoms with van der Waals surface area (Å²) in [4.78, 5) is 0. The van der Waals surface area contributed by atoms with Gasteiger partial charge < -0.3 is 9.13 Å². The molecule has 0 bridgehead atoms.